The molecule has 2 atom stereocenters. The van der Waals surface area contributed by atoms with E-state index >= 15 is 0 Å². The molecule has 132 valence electrons. The van der Waals surface area contributed by atoms with Crippen LogP contribution in [0.4, 0.5) is 0 Å². The second kappa shape index (κ2) is 8.66. The minimum atomic E-state index is -0.148. The highest BCUT2D eigenvalue weighted by atomic mass is 16.5. The Bertz CT molecular complexity index is 576. The van der Waals surface area contributed by atoms with E-state index < -0.39 is 0 Å². The third-order valence-electron chi connectivity index (χ3n) is 4.38. The van der Waals surface area contributed by atoms with Gasteiger partial charge in [-0.1, -0.05) is 13.3 Å². The fourth-order valence-corrected chi connectivity index (χ4v) is 3.13. The predicted octanol–water partition coefficient (Wildman–Crippen LogP) is 2.25. The molecule has 1 aromatic rings. The number of methoxy groups -OCH3 is 1. The fourth-order valence-electron chi connectivity index (χ4n) is 3.13. The molecule has 2 rings (SSSR count). The summed E-state index contributed by atoms with van der Waals surface area (Å²) in [5.74, 6) is 0.0981. The lowest BCUT2D eigenvalue weighted by molar-refractivity contribution is -0.127. The first-order valence-electron chi connectivity index (χ1n) is 8.65. The summed E-state index contributed by atoms with van der Waals surface area (Å²) < 4.78 is 5.17. The molecule has 1 aromatic heterocycles. The van der Waals surface area contributed by atoms with Gasteiger partial charge in [-0.15, -0.1) is 0 Å². The van der Waals surface area contributed by atoms with E-state index in [0.29, 0.717) is 24.5 Å². The quantitative estimate of drug-likeness (QED) is 0.867. The molecule has 6 nitrogen and oxygen atoms in total. The largest absolute Gasteiger partial charge is 0.480 e. The van der Waals surface area contributed by atoms with Crippen LogP contribution in [0.3, 0.4) is 0 Å². The fraction of sp³-hybridized carbons (Fsp3) is 0.611. The number of nitrogens with one attached hydrogen (secondary N) is 1. The van der Waals surface area contributed by atoms with Crippen LogP contribution in [-0.2, 0) is 4.79 Å². The molecule has 0 radical (unpaired) electrons. The molecular formula is C18H27N3O3. The molecule has 24 heavy (non-hydrogen) atoms. The van der Waals surface area contributed by atoms with Gasteiger partial charge in [-0.2, -0.15) is 0 Å². The van der Waals surface area contributed by atoms with E-state index in [0.717, 1.165) is 25.7 Å². The third-order valence-corrected chi connectivity index (χ3v) is 4.38. The highest BCUT2D eigenvalue weighted by Crippen LogP contribution is 2.22. The van der Waals surface area contributed by atoms with E-state index in [-0.39, 0.29) is 23.8 Å². The van der Waals surface area contributed by atoms with Gasteiger partial charge in [0.25, 0.3) is 5.91 Å². The van der Waals surface area contributed by atoms with Crippen LogP contribution in [0.2, 0.25) is 0 Å². The zero-order chi connectivity index (χ0) is 17.5. The molecule has 1 fully saturated rings. The van der Waals surface area contributed by atoms with Crippen molar-refractivity contribution in [1.82, 2.24) is 15.2 Å². The molecule has 2 unspecified atom stereocenters. The number of carbonyl (C=O) groups excluding carboxylic acids is 2. The van der Waals surface area contributed by atoms with Gasteiger partial charge in [-0.3, -0.25) is 9.59 Å². The molecule has 0 bridgehead atoms. The maximum atomic E-state index is 12.7. The Hall–Kier alpha value is -2.11. The monoisotopic (exact) mass is 333 g/mol. The zero-order valence-corrected chi connectivity index (χ0v) is 14.7. The third kappa shape index (κ3) is 4.46. The van der Waals surface area contributed by atoms with E-state index in [1.165, 1.54) is 7.11 Å². The number of aromatic nitrogens is 1. The highest BCUT2D eigenvalue weighted by Gasteiger charge is 2.30. The molecule has 6 heteroatoms. The topological polar surface area (TPSA) is 71.5 Å². The number of carbonyl (C=O) groups is 2. The lowest BCUT2D eigenvalue weighted by atomic mass is 9.96. The van der Waals surface area contributed by atoms with Crippen LogP contribution in [0.15, 0.2) is 18.3 Å². The van der Waals surface area contributed by atoms with Gasteiger partial charge in [-0.05, 0) is 38.3 Å². The molecule has 2 amide bonds. The van der Waals surface area contributed by atoms with Gasteiger partial charge in [0, 0.05) is 25.3 Å². The Morgan fingerprint density at radius 3 is 3.00 bits per heavy atom. The Labute approximate surface area is 143 Å². The lowest BCUT2D eigenvalue weighted by Crippen LogP contribution is -2.47. The second-order valence-corrected chi connectivity index (χ2v) is 6.35. The summed E-state index contributed by atoms with van der Waals surface area (Å²) in [6.07, 6.45) is 5.25. The van der Waals surface area contributed by atoms with Crippen LogP contribution in [-0.4, -0.2) is 47.9 Å². The first-order chi connectivity index (χ1) is 11.6. The SMILES string of the molecule is CCCC(C)NC(=O)C1CCCN(C(=O)c2cccnc2OC)C1. The standard InChI is InChI=1S/C18H27N3O3/c1-4-7-13(2)20-16(22)14-8-6-11-21(12-14)18(23)15-9-5-10-19-17(15)24-3/h5,9-10,13-14H,4,6-8,11-12H2,1-3H3,(H,20,22). The van der Waals surface area contributed by atoms with Crippen LogP contribution >= 0.6 is 0 Å². The predicted molar refractivity (Wildman–Crippen MR) is 91.9 cm³/mol. The molecule has 1 N–H and O–H groups in total. The van der Waals surface area contributed by atoms with E-state index in [4.69, 9.17) is 4.74 Å². The Morgan fingerprint density at radius 2 is 2.29 bits per heavy atom. The van der Waals surface area contributed by atoms with Gasteiger partial charge in [0.05, 0.1) is 13.0 Å². The number of rotatable bonds is 6. The summed E-state index contributed by atoms with van der Waals surface area (Å²) in [6.45, 7) is 5.23. The number of piperidine rings is 1. The summed E-state index contributed by atoms with van der Waals surface area (Å²) in [7, 11) is 1.50. The molecule has 2 heterocycles. The first kappa shape index (κ1) is 18.2. The van der Waals surface area contributed by atoms with Crippen molar-refractivity contribution in [2.75, 3.05) is 20.2 Å². The van der Waals surface area contributed by atoms with Gasteiger partial charge in [0.2, 0.25) is 11.8 Å². The van der Waals surface area contributed by atoms with Crippen molar-refractivity contribution in [2.24, 2.45) is 5.92 Å². The highest BCUT2D eigenvalue weighted by molar-refractivity contribution is 5.96. The van der Waals surface area contributed by atoms with E-state index in [1.807, 2.05) is 6.92 Å². The van der Waals surface area contributed by atoms with Crippen molar-refractivity contribution in [3.8, 4) is 5.88 Å². The van der Waals surface area contributed by atoms with Gasteiger partial charge in [0.15, 0.2) is 0 Å². The van der Waals surface area contributed by atoms with Gasteiger partial charge < -0.3 is 15.0 Å². The number of amides is 2. The first-order valence-corrected chi connectivity index (χ1v) is 8.65. The average Bonchev–Trinajstić information content (AvgIpc) is 2.61. The second-order valence-electron chi connectivity index (χ2n) is 6.35. The van der Waals surface area contributed by atoms with Crippen LogP contribution in [0.5, 0.6) is 5.88 Å². The van der Waals surface area contributed by atoms with E-state index in [9.17, 15) is 9.59 Å². The molecule has 0 aromatic carbocycles. The Balaban J connectivity index is 2.02. The van der Waals surface area contributed by atoms with Crippen molar-refractivity contribution in [2.45, 2.75) is 45.6 Å². The molecular weight excluding hydrogens is 306 g/mol. The smallest absolute Gasteiger partial charge is 0.259 e. The summed E-state index contributed by atoms with van der Waals surface area (Å²) >= 11 is 0. The van der Waals surface area contributed by atoms with E-state index in [1.54, 1.807) is 23.2 Å². The van der Waals surface area contributed by atoms with Crippen LogP contribution in [0.1, 0.15) is 49.9 Å². The maximum absolute atomic E-state index is 12.7. The van der Waals surface area contributed by atoms with Crippen molar-refractivity contribution in [3.05, 3.63) is 23.9 Å². The van der Waals surface area contributed by atoms with Crippen molar-refractivity contribution < 1.29 is 14.3 Å². The summed E-state index contributed by atoms with van der Waals surface area (Å²) in [6, 6.07) is 3.60. The van der Waals surface area contributed by atoms with Crippen molar-refractivity contribution in [1.29, 1.82) is 0 Å². The minimum Gasteiger partial charge on any atom is -0.480 e. The molecule has 1 aliphatic heterocycles. The minimum absolute atomic E-state index is 0.0478. The summed E-state index contributed by atoms with van der Waals surface area (Å²) in [5, 5.41) is 3.06. The van der Waals surface area contributed by atoms with Crippen LogP contribution < -0.4 is 10.1 Å². The van der Waals surface area contributed by atoms with Crippen molar-refractivity contribution in [3.63, 3.8) is 0 Å². The van der Waals surface area contributed by atoms with Gasteiger partial charge in [-0.25, -0.2) is 4.98 Å². The number of hydrogen-bond donors (Lipinski definition) is 1. The molecule has 0 saturated carbocycles. The molecule has 0 spiro atoms. The normalized spacial score (nSPS) is 18.8. The summed E-state index contributed by atoms with van der Waals surface area (Å²) in [5.41, 5.74) is 0.445. The van der Waals surface area contributed by atoms with Gasteiger partial charge in [0.1, 0.15) is 5.56 Å². The summed E-state index contributed by atoms with van der Waals surface area (Å²) in [4.78, 5) is 31.0. The number of ether oxygens (including phenoxy) is 1. The Kier molecular flexibility index (Phi) is 6.58. The van der Waals surface area contributed by atoms with Crippen molar-refractivity contribution >= 4 is 11.8 Å². The molecule has 1 saturated heterocycles. The molecule has 0 aliphatic carbocycles. The number of nitrogens with zero attached hydrogens (tertiary/aromatic N) is 2. The van der Waals surface area contributed by atoms with E-state index in [2.05, 4.69) is 17.2 Å². The number of pyridine rings is 1. The Morgan fingerprint density at radius 1 is 1.50 bits per heavy atom. The molecule has 1 aliphatic rings. The average molecular weight is 333 g/mol. The van der Waals surface area contributed by atoms with Crippen LogP contribution in [0, 0.1) is 5.92 Å². The zero-order valence-electron chi connectivity index (χ0n) is 14.7. The van der Waals surface area contributed by atoms with Gasteiger partial charge >= 0.3 is 0 Å². The lowest BCUT2D eigenvalue weighted by Gasteiger charge is -2.32. The maximum Gasteiger partial charge on any atom is 0.259 e. The number of likely N-dealkylation sites (tertiary alicyclic amines) is 1. The van der Waals surface area contributed by atoms with Crippen LogP contribution in [0.25, 0.3) is 0 Å². The number of hydrogen-bond acceptors (Lipinski definition) is 4.